The van der Waals surface area contributed by atoms with Gasteiger partial charge in [-0.3, -0.25) is 19.5 Å². The van der Waals surface area contributed by atoms with Crippen LogP contribution in [0.1, 0.15) is 42.3 Å². The summed E-state index contributed by atoms with van der Waals surface area (Å²) in [6.45, 7) is 6.28. The first-order valence-corrected chi connectivity index (χ1v) is 16.0. The van der Waals surface area contributed by atoms with Crippen molar-refractivity contribution < 1.29 is 13.2 Å². The molecule has 3 atom stereocenters. The molecule has 43 heavy (non-hydrogen) atoms. The monoisotopic (exact) mass is 598 g/mol. The molecule has 4 aromatic rings. The van der Waals surface area contributed by atoms with Crippen molar-refractivity contribution in [1.29, 1.82) is 5.26 Å². The molecule has 9 nitrogen and oxygen atoms in total. The minimum atomic E-state index is -3.83. The van der Waals surface area contributed by atoms with E-state index in [2.05, 4.69) is 37.7 Å². The molecule has 0 spiro atoms. The average molecular weight is 599 g/mol. The molecule has 0 bridgehead atoms. The van der Waals surface area contributed by atoms with E-state index in [4.69, 9.17) is 15.7 Å². The summed E-state index contributed by atoms with van der Waals surface area (Å²) in [7, 11) is -2.12. The van der Waals surface area contributed by atoms with Crippen LogP contribution >= 0.6 is 0 Å². The number of sulfonamides is 1. The highest BCUT2D eigenvalue weighted by molar-refractivity contribution is 7.93. The first-order valence-electron chi connectivity index (χ1n) is 14.5. The normalized spacial score (nSPS) is 17.1. The predicted molar refractivity (Wildman–Crippen MR) is 168 cm³/mol. The Balaban J connectivity index is 1.21. The lowest BCUT2D eigenvalue weighted by atomic mass is 9.96. The second kappa shape index (κ2) is 13.6. The molecule has 1 aliphatic rings. The molecule has 1 aromatic heterocycles. The Morgan fingerprint density at radius 2 is 1.70 bits per heavy atom. The number of methoxy groups -OCH3 is 1. The topological polar surface area (TPSA) is 125 Å². The summed E-state index contributed by atoms with van der Waals surface area (Å²) in [5, 5.41) is 9.93. The zero-order valence-electron chi connectivity index (χ0n) is 24.6. The number of ether oxygens (including phenoxy) is 1. The van der Waals surface area contributed by atoms with E-state index in [-0.39, 0.29) is 23.1 Å². The lowest BCUT2D eigenvalue weighted by Crippen LogP contribution is -2.34. The van der Waals surface area contributed by atoms with E-state index < -0.39 is 10.0 Å². The van der Waals surface area contributed by atoms with Crippen LogP contribution in [-0.2, 0) is 21.3 Å². The molecule has 5 rings (SSSR count). The lowest BCUT2D eigenvalue weighted by Gasteiger charge is -2.30. The molecule has 0 saturated carbocycles. The molecule has 1 fully saturated rings. The van der Waals surface area contributed by atoms with Crippen molar-refractivity contribution in [1.82, 2.24) is 14.8 Å². The maximum Gasteiger partial charge on any atom is 0.264 e. The zero-order valence-corrected chi connectivity index (χ0v) is 25.4. The molecule has 0 amide bonds. The van der Waals surface area contributed by atoms with Gasteiger partial charge in [0, 0.05) is 56.6 Å². The SMILES string of the molecule is COC(c1ccc(NS(=O)(=O)c2cccc3cccnc23)cc1)N1CCCN(Cc2ccc(C(N)C(C)C#N)cc2)CC1. The molecule has 3 aromatic carbocycles. The van der Waals surface area contributed by atoms with Gasteiger partial charge in [-0.2, -0.15) is 5.26 Å². The number of aromatic nitrogens is 1. The van der Waals surface area contributed by atoms with E-state index in [1.807, 2.05) is 43.3 Å². The van der Waals surface area contributed by atoms with Crippen LogP contribution < -0.4 is 10.5 Å². The fourth-order valence-electron chi connectivity index (χ4n) is 5.57. The Bertz CT molecular complexity index is 1670. The summed E-state index contributed by atoms with van der Waals surface area (Å²) in [6, 6.07) is 26.3. The van der Waals surface area contributed by atoms with Gasteiger partial charge in [-0.05, 0) is 60.8 Å². The number of hydrogen-bond donors (Lipinski definition) is 2. The van der Waals surface area contributed by atoms with Gasteiger partial charge in [-0.25, -0.2) is 8.42 Å². The number of anilines is 1. The summed E-state index contributed by atoms with van der Waals surface area (Å²) in [4.78, 5) is 9.20. The van der Waals surface area contributed by atoms with Crippen molar-refractivity contribution in [2.75, 3.05) is 38.0 Å². The molecule has 2 heterocycles. The Morgan fingerprint density at radius 3 is 2.42 bits per heavy atom. The van der Waals surface area contributed by atoms with Gasteiger partial charge >= 0.3 is 0 Å². The van der Waals surface area contributed by atoms with Gasteiger partial charge in [0.15, 0.2) is 0 Å². The Kier molecular flexibility index (Phi) is 9.70. The predicted octanol–water partition coefficient (Wildman–Crippen LogP) is 5.05. The van der Waals surface area contributed by atoms with Gasteiger partial charge in [0.1, 0.15) is 11.1 Å². The van der Waals surface area contributed by atoms with Crippen molar-refractivity contribution in [2.24, 2.45) is 11.7 Å². The number of pyridine rings is 1. The van der Waals surface area contributed by atoms with E-state index in [0.717, 1.165) is 55.7 Å². The molecule has 10 heteroatoms. The van der Waals surface area contributed by atoms with Crippen LogP contribution in [0.3, 0.4) is 0 Å². The summed E-state index contributed by atoms with van der Waals surface area (Å²) < 4.78 is 35.1. The first kappa shape index (κ1) is 30.6. The molecule has 3 N–H and O–H groups in total. The Labute approximate surface area is 253 Å². The van der Waals surface area contributed by atoms with Crippen molar-refractivity contribution in [3.05, 3.63) is 102 Å². The Hall–Kier alpha value is -3.85. The van der Waals surface area contributed by atoms with Gasteiger partial charge in [-0.1, -0.05) is 54.6 Å². The van der Waals surface area contributed by atoms with Gasteiger partial charge in [0.2, 0.25) is 0 Å². The third kappa shape index (κ3) is 7.21. The maximum absolute atomic E-state index is 13.2. The van der Waals surface area contributed by atoms with Crippen molar-refractivity contribution >= 4 is 26.6 Å². The van der Waals surface area contributed by atoms with Crippen molar-refractivity contribution in [3.63, 3.8) is 0 Å². The highest BCUT2D eigenvalue weighted by Gasteiger charge is 2.24. The van der Waals surface area contributed by atoms with Gasteiger partial charge in [0.25, 0.3) is 10.0 Å². The molecule has 0 aliphatic carbocycles. The van der Waals surface area contributed by atoms with Crippen LogP contribution in [0.25, 0.3) is 10.9 Å². The fourth-order valence-corrected chi connectivity index (χ4v) is 6.81. The lowest BCUT2D eigenvalue weighted by molar-refractivity contribution is -0.0328. The van der Waals surface area contributed by atoms with Crippen LogP contribution in [0.2, 0.25) is 0 Å². The minimum absolute atomic E-state index is 0.145. The van der Waals surface area contributed by atoms with Crippen LogP contribution in [0.5, 0.6) is 0 Å². The quantitative estimate of drug-likeness (QED) is 0.260. The number of nitriles is 1. The van der Waals surface area contributed by atoms with E-state index in [9.17, 15) is 8.42 Å². The molecule has 1 saturated heterocycles. The number of para-hydroxylation sites is 1. The highest BCUT2D eigenvalue weighted by Crippen LogP contribution is 2.27. The number of nitrogens with one attached hydrogen (secondary N) is 1. The third-order valence-electron chi connectivity index (χ3n) is 8.02. The smallest absolute Gasteiger partial charge is 0.264 e. The molecule has 1 aliphatic heterocycles. The summed E-state index contributed by atoms with van der Waals surface area (Å²) in [5.74, 6) is -0.232. The molecule has 224 valence electrons. The summed E-state index contributed by atoms with van der Waals surface area (Å²) >= 11 is 0. The number of nitrogens with zero attached hydrogens (tertiary/aromatic N) is 4. The second-order valence-corrected chi connectivity index (χ2v) is 12.6. The van der Waals surface area contributed by atoms with Crippen LogP contribution in [0, 0.1) is 17.2 Å². The molecule has 3 unspecified atom stereocenters. The summed E-state index contributed by atoms with van der Waals surface area (Å²) in [5.41, 5.74) is 10.3. The fraction of sp³-hybridized carbons (Fsp3) is 0.333. The van der Waals surface area contributed by atoms with E-state index >= 15 is 0 Å². The Morgan fingerprint density at radius 1 is 0.977 bits per heavy atom. The maximum atomic E-state index is 13.2. The van der Waals surface area contributed by atoms with Crippen LogP contribution in [0.15, 0.2) is 90.0 Å². The second-order valence-electron chi connectivity index (χ2n) is 11.0. The van der Waals surface area contributed by atoms with Crippen molar-refractivity contribution in [2.45, 2.75) is 37.1 Å². The average Bonchev–Trinajstić information content (AvgIpc) is 3.26. The summed E-state index contributed by atoms with van der Waals surface area (Å²) in [6.07, 6.45) is 2.35. The number of benzene rings is 3. The standard InChI is InChI=1S/C33H38N6O3S/c1-24(22-34)31(35)26-11-9-25(10-12-26)23-38-18-5-19-39(21-20-38)33(42-2)28-13-15-29(16-14-28)37-43(40,41)30-8-3-6-27-7-4-17-36-32(27)30/h3-4,6-17,24,31,33,37H,5,18-21,23,35H2,1-2H3. The van der Waals surface area contributed by atoms with E-state index in [0.29, 0.717) is 11.2 Å². The third-order valence-corrected chi connectivity index (χ3v) is 9.44. The van der Waals surface area contributed by atoms with E-state index in [1.54, 1.807) is 43.6 Å². The molecule has 0 radical (unpaired) electrons. The largest absolute Gasteiger partial charge is 0.362 e. The van der Waals surface area contributed by atoms with Gasteiger partial charge in [0.05, 0.1) is 17.5 Å². The zero-order chi connectivity index (χ0) is 30.4. The molecular weight excluding hydrogens is 560 g/mol. The van der Waals surface area contributed by atoms with Crippen molar-refractivity contribution in [3.8, 4) is 6.07 Å². The van der Waals surface area contributed by atoms with Gasteiger partial charge in [-0.15, -0.1) is 0 Å². The van der Waals surface area contributed by atoms with Crippen LogP contribution in [0.4, 0.5) is 5.69 Å². The highest BCUT2D eigenvalue weighted by atomic mass is 32.2. The van der Waals surface area contributed by atoms with E-state index in [1.165, 1.54) is 5.56 Å². The number of fused-ring (bicyclic) bond motifs is 1. The molecular formula is C33H38N6O3S. The minimum Gasteiger partial charge on any atom is -0.362 e. The number of hydrogen-bond acceptors (Lipinski definition) is 8. The van der Waals surface area contributed by atoms with Crippen LogP contribution in [-0.4, -0.2) is 56.5 Å². The number of nitrogens with two attached hydrogens (primary N) is 1. The van der Waals surface area contributed by atoms with Gasteiger partial charge < -0.3 is 10.5 Å². The number of rotatable bonds is 10. The first-order chi connectivity index (χ1) is 20.8.